The average molecular weight is 251 g/mol. The van der Waals surface area contributed by atoms with Crippen LogP contribution in [0.25, 0.3) is 0 Å². The fourth-order valence-corrected chi connectivity index (χ4v) is 2.06. The third-order valence-electron chi connectivity index (χ3n) is 1.98. The van der Waals surface area contributed by atoms with Crippen LogP contribution in [0.2, 0.25) is 0 Å². The average Bonchev–Trinajstić information content (AvgIpc) is 2.63. The largest absolute Gasteiger partial charge is 0.378 e. The van der Waals surface area contributed by atoms with E-state index in [0.29, 0.717) is 5.03 Å². The smallest absolute Gasteiger partial charge is 0.311 e. The number of nitrogens with two attached hydrogens (primary N) is 1. The van der Waals surface area contributed by atoms with E-state index < -0.39 is 4.92 Å². The molecular formula is C9H9N5O2S. The van der Waals surface area contributed by atoms with Crippen LogP contribution < -0.4 is 5.73 Å². The van der Waals surface area contributed by atoms with Gasteiger partial charge in [-0.05, 0) is 6.07 Å². The van der Waals surface area contributed by atoms with Gasteiger partial charge in [-0.25, -0.2) is 4.98 Å². The molecule has 7 nitrogen and oxygen atoms in total. The van der Waals surface area contributed by atoms with Crippen molar-refractivity contribution in [1.29, 1.82) is 0 Å². The van der Waals surface area contributed by atoms with Crippen molar-refractivity contribution in [3.05, 3.63) is 34.6 Å². The first kappa shape index (κ1) is 11.4. The number of hydrogen-bond donors (Lipinski definition) is 1. The third kappa shape index (κ3) is 2.53. The minimum atomic E-state index is -0.555. The summed E-state index contributed by atoms with van der Waals surface area (Å²) in [6.45, 7) is 0. The Morgan fingerprint density at radius 3 is 2.82 bits per heavy atom. The summed E-state index contributed by atoms with van der Waals surface area (Å²) in [6.07, 6.45) is 3.51. The summed E-state index contributed by atoms with van der Waals surface area (Å²) in [6, 6.07) is 2.91. The Hall–Kier alpha value is -2.09. The van der Waals surface area contributed by atoms with Crippen LogP contribution in [0.3, 0.4) is 0 Å². The monoisotopic (exact) mass is 251 g/mol. The SMILES string of the molecule is Cn1cc(Sc2ccc([N+](=O)[O-])c(N)n2)cn1. The minimum Gasteiger partial charge on any atom is -0.378 e. The first-order valence-corrected chi connectivity index (χ1v) is 5.45. The van der Waals surface area contributed by atoms with Gasteiger partial charge in [-0.3, -0.25) is 14.8 Å². The van der Waals surface area contributed by atoms with Crippen molar-refractivity contribution in [2.45, 2.75) is 9.92 Å². The molecule has 8 heteroatoms. The van der Waals surface area contributed by atoms with E-state index in [9.17, 15) is 10.1 Å². The zero-order valence-electron chi connectivity index (χ0n) is 8.90. The number of nitrogens with zero attached hydrogens (tertiary/aromatic N) is 4. The van der Waals surface area contributed by atoms with Crippen molar-refractivity contribution >= 4 is 23.3 Å². The molecule has 2 N–H and O–H groups in total. The Labute approximate surface area is 101 Å². The van der Waals surface area contributed by atoms with Gasteiger partial charge < -0.3 is 5.73 Å². The van der Waals surface area contributed by atoms with Gasteiger partial charge in [0.1, 0.15) is 5.03 Å². The van der Waals surface area contributed by atoms with E-state index in [0.717, 1.165) is 4.90 Å². The molecule has 2 aromatic heterocycles. The lowest BCUT2D eigenvalue weighted by Gasteiger charge is -2.00. The van der Waals surface area contributed by atoms with Gasteiger partial charge in [-0.15, -0.1) is 0 Å². The molecule has 0 atom stereocenters. The van der Waals surface area contributed by atoms with Crippen molar-refractivity contribution in [2.24, 2.45) is 7.05 Å². The zero-order valence-corrected chi connectivity index (χ0v) is 9.72. The highest BCUT2D eigenvalue weighted by molar-refractivity contribution is 7.99. The molecule has 0 unspecified atom stereocenters. The van der Waals surface area contributed by atoms with Gasteiger partial charge in [0.05, 0.1) is 16.0 Å². The van der Waals surface area contributed by atoms with E-state index in [1.807, 2.05) is 13.2 Å². The highest BCUT2D eigenvalue weighted by Gasteiger charge is 2.13. The van der Waals surface area contributed by atoms with Gasteiger partial charge in [0.25, 0.3) is 0 Å². The molecule has 0 radical (unpaired) electrons. The van der Waals surface area contributed by atoms with Gasteiger partial charge in [0.15, 0.2) is 0 Å². The normalized spacial score (nSPS) is 10.4. The fraction of sp³-hybridized carbons (Fsp3) is 0.111. The molecule has 0 amide bonds. The number of pyridine rings is 1. The maximum absolute atomic E-state index is 10.6. The van der Waals surface area contributed by atoms with Gasteiger partial charge in [0.2, 0.25) is 5.82 Å². The molecule has 88 valence electrons. The van der Waals surface area contributed by atoms with Crippen molar-refractivity contribution in [3.63, 3.8) is 0 Å². The maximum Gasteiger partial charge on any atom is 0.311 e. The Morgan fingerprint density at radius 2 is 2.29 bits per heavy atom. The molecule has 2 aromatic rings. The number of hydrogen-bond acceptors (Lipinski definition) is 6. The summed E-state index contributed by atoms with van der Waals surface area (Å²) in [7, 11) is 1.81. The molecule has 0 spiro atoms. The topological polar surface area (TPSA) is 99.9 Å². The summed E-state index contributed by atoms with van der Waals surface area (Å²) >= 11 is 1.35. The predicted octanol–water partition coefficient (Wildman–Crippen LogP) is 1.46. The number of anilines is 1. The lowest BCUT2D eigenvalue weighted by Crippen LogP contribution is -1.98. The summed E-state index contributed by atoms with van der Waals surface area (Å²) in [5, 5.41) is 15.2. The standard InChI is InChI=1S/C9H9N5O2S/c1-13-5-6(4-11-13)17-8-3-2-7(14(15)16)9(10)12-8/h2-5H,1H3,(H2,10,12). The van der Waals surface area contributed by atoms with Crippen molar-refractivity contribution in [1.82, 2.24) is 14.8 Å². The minimum absolute atomic E-state index is 0.0797. The van der Waals surface area contributed by atoms with Crippen molar-refractivity contribution in [3.8, 4) is 0 Å². The van der Waals surface area contributed by atoms with Crippen molar-refractivity contribution in [2.75, 3.05) is 5.73 Å². The van der Waals surface area contributed by atoms with Crippen LogP contribution in [0.15, 0.2) is 34.4 Å². The van der Waals surface area contributed by atoms with E-state index in [-0.39, 0.29) is 11.5 Å². The zero-order chi connectivity index (χ0) is 12.4. The van der Waals surface area contributed by atoms with Crippen LogP contribution in [0, 0.1) is 10.1 Å². The van der Waals surface area contributed by atoms with Gasteiger partial charge in [0, 0.05) is 19.3 Å². The highest BCUT2D eigenvalue weighted by Crippen LogP contribution is 2.28. The summed E-state index contributed by atoms with van der Waals surface area (Å²) in [5.74, 6) is -0.0797. The molecule has 0 fully saturated rings. The summed E-state index contributed by atoms with van der Waals surface area (Å²) < 4.78 is 1.66. The van der Waals surface area contributed by atoms with Crippen LogP contribution in [0.1, 0.15) is 0 Å². The molecule has 0 saturated heterocycles. The van der Waals surface area contributed by atoms with E-state index in [1.54, 1.807) is 16.9 Å². The fourth-order valence-electron chi connectivity index (χ4n) is 1.23. The number of nitrogen functional groups attached to an aromatic ring is 1. The quantitative estimate of drug-likeness (QED) is 0.654. The van der Waals surface area contributed by atoms with Crippen LogP contribution in [0.4, 0.5) is 11.5 Å². The Morgan fingerprint density at radius 1 is 1.53 bits per heavy atom. The second kappa shape index (κ2) is 4.42. The first-order chi connectivity index (χ1) is 8.06. The van der Waals surface area contributed by atoms with Crippen molar-refractivity contribution < 1.29 is 4.92 Å². The molecule has 0 saturated carbocycles. The summed E-state index contributed by atoms with van der Waals surface area (Å²) in [5.41, 5.74) is 5.31. The predicted molar refractivity (Wildman–Crippen MR) is 62.6 cm³/mol. The van der Waals surface area contributed by atoms with Gasteiger partial charge in [-0.2, -0.15) is 5.10 Å². The lowest BCUT2D eigenvalue weighted by atomic mass is 10.4. The number of rotatable bonds is 3. The Bertz CT molecular complexity index is 568. The van der Waals surface area contributed by atoms with Gasteiger partial charge >= 0.3 is 5.69 Å². The number of nitro groups is 1. The van der Waals surface area contributed by atoms with Crippen LogP contribution in [0.5, 0.6) is 0 Å². The van der Waals surface area contributed by atoms with Gasteiger partial charge in [-0.1, -0.05) is 11.8 Å². The molecule has 2 rings (SSSR count). The Balaban J connectivity index is 2.23. The van der Waals surface area contributed by atoms with E-state index in [4.69, 9.17) is 5.73 Å². The third-order valence-corrected chi connectivity index (χ3v) is 2.86. The molecule has 0 aliphatic rings. The van der Waals surface area contributed by atoms with E-state index in [1.165, 1.54) is 17.8 Å². The van der Waals surface area contributed by atoms with E-state index >= 15 is 0 Å². The molecule has 0 aliphatic carbocycles. The van der Waals surface area contributed by atoms with Crippen LogP contribution in [-0.2, 0) is 7.05 Å². The second-order valence-corrected chi connectivity index (χ2v) is 4.36. The number of aromatic nitrogens is 3. The molecule has 17 heavy (non-hydrogen) atoms. The molecular weight excluding hydrogens is 242 g/mol. The second-order valence-electron chi connectivity index (χ2n) is 3.26. The molecule has 0 aliphatic heterocycles. The highest BCUT2D eigenvalue weighted by atomic mass is 32.2. The molecule has 0 aromatic carbocycles. The molecule has 2 heterocycles. The first-order valence-electron chi connectivity index (χ1n) is 4.63. The maximum atomic E-state index is 10.6. The Kier molecular flexibility index (Phi) is 2.96. The number of aryl methyl sites for hydroxylation is 1. The van der Waals surface area contributed by atoms with E-state index in [2.05, 4.69) is 10.1 Å². The summed E-state index contributed by atoms with van der Waals surface area (Å²) in [4.78, 5) is 14.9. The van der Waals surface area contributed by atoms with Crippen LogP contribution in [-0.4, -0.2) is 19.7 Å². The van der Waals surface area contributed by atoms with Crippen LogP contribution >= 0.6 is 11.8 Å². The molecule has 0 bridgehead atoms. The lowest BCUT2D eigenvalue weighted by molar-refractivity contribution is -0.384.